The lowest BCUT2D eigenvalue weighted by Gasteiger charge is -2.25. The molecule has 2 heterocycles. The highest BCUT2D eigenvalue weighted by atomic mass is 32.1. The fourth-order valence-electron chi connectivity index (χ4n) is 3.04. The molecule has 4 rings (SSSR count). The number of hydrogen-bond acceptors (Lipinski definition) is 4. The topological polar surface area (TPSA) is 54.5 Å². The van der Waals surface area contributed by atoms with Gasteiger partial charge in [-0.3, -0.25) is 0 Å². The first-order valence-corrected chi connectivity index (χ1v) is 9.08. The van der Waals surface area contributed by atoms with Crippen LogP contribution >= 0.6 is 11.3 Å². The van der Waals surface area contributed by atoms with Crippen LogP contribution in [0.5, 0.6) is 0 Å². The molecule has 2 aromatic rings. The number of ether oxygens (including phenoxy) is 1. The Morgan fingerprint density at radius 2 is 2.22 bits per heavy atom. The highest BCUT2D eigenvalue weighted by Gasteiger charge is 2.34. The lowest BCUT2D eigenvalue weighted by Crippen LogP contribution is -2.43. The number of rotatable bonds is 5. The van der Waals surface area contributed by atoms with E-state index >= 15 is 0 Å². The highest BCUT2D eigenvalue weighted by molar-refractivity contribution is 7.18. The van der Waals surface area contributed by atoms with Crippen LogP contribution in [0.3, 0.4) is 0 Å². The molecule has 0 radical (unpaired) electrons. The monoisotopic (exact) mass is 331 g/mol. The molecule has 2 aliphatic rings. The van der Waals surface area contributed by atoms with Crippen molar-refractivity contribution >= 4 is 27.6 Å². The van der Waals surface area contributed by atoms with Crippen LogP contribution in [0.2, 0.25) is 0 Å². The first-order valence-electron chi connectivity index (χ1n) is 8.26. The minimum absolute atomic E-state index is 0.0404. The fraction of sp³-hybridized carbons (Fsp3) is 0.529. The number of carbonyl (C=O) groups is 1. The van der Waals surface area contributed by atoms with Crippen molar-refractivity contribution in [2.45, 2.75) is 31.8 Å². The van der Waals surface area contributed by atoms with Crippen LogP contribution in [0.25, 0.3) is 10.2 Å². The molecule has 1 aromatic heterocycles. The van der Waals surface area contributed by atoms with Gasteiger partial charge in [0.2, 0.25) is 0 Å². The summed E-state index contributed by atoms with van der Waals surface area (Å²) >= 11 is 1.64. The molecule has 1 atom stereocenters. The van der Waals surface area contributed by atoms with Gasteiger partial charge in [0, 0.05) is 25.1 Å². The number of para-hydroxylation sites is 1. The Labute approximate surface area is 139 Å². The first-order chi connectivity index (χ1) is 11.3. The molecule has 1 aromatic carbocycles. The van der Waals surface area contributed by atoms with Gasteiger partial charge in [0.25, 0.3) is 0 Å². The number of nitrogens with one attached hydrogen (secondary N) is 1. The van der Waals surface area contributed by atoms with Gasteiger partial charge in [0.1, 0.15) is 5.01 Å². The maximum atomic E-state index is 12.6. The van der Waals surface area contributed by atoms with Crippen molar-refractivity contribution in [1.29, 1.82) is 0 Å². The molecule has 1 unspecified atom stereocenters. The molecule has 122 valence electrons. The normalized spacial score (nSPS) is 20.8. The molecule has 0 bridgehead atoms. The van der Waals surface area contributed by atoms with Gasteiger partial charge in [-0.1, -0.05) is 12.1 Å². The summed E-state index contributed by atoms with van der Waals surface area (Å²) in [5.74, 6) is 0.490. The lowest BCUT2D eigenvalue weighted by molar-refractivity contribution is 0.162. The Kier molecular flexibility index (Phi) is 4.18. The zero-order valence-corrected chi connectivity index (χ0v) is 13.8. The number of thiazole rings is 1. The van der Waals surface area contributed by atoms with E-state index in [1.807, 2.05) is 23.1 Å². The number of amides is 2. The van der Waals surface area contributed by atoms with E-state index in [1.54, 1.807) is 11.3 Å². The Balaban J connectivity index is 1.37. The maximum absolute atomic E-state index is 12.6. The number of hydrogen-bond donors (Lipinski definition) is 1. The third-order valence-electron chi connectivity index (χ3n) is 4.46. The molecule has 2 amide bonds. The molecule has 1 saturated carbocycles. The molecular weight excluding hydrogens is 310 g/mol. The van der Waals surface area contributed by atoms with E-state index in [0.717, 1.165) is 49.5 Å². The minimum atomic E-state index is 0.0404. The predicted molar refractivity (Wildman–Crippen MR) is 90.5 cm³/mol. The van der Waals surface area contributed by atoms with Gasteiger partial charge in [-0.05, 0) is 31.4 Å². The van der Waals surface area contributed by atoms with Gasteiger partial charge in [0.15, 0.2) is 0 Å². The zero-order chi connectivity index (χ0) is 15.6. The number of urea groups is 1. The average Bonchev–Trinajstić information content (AvgIpc) is 3.11. The second-order valence-electron chi connectivity index (χ2n) is 6.35. The summed E-state index contributed by atoms with van der Waals surface area (Å²) in [5.41, 5.74) is 1.00. The summed E-state index contributed by atoms with van der Waals surface area (Å²) in [6.07, 6.45) is 3.32. The average molecular weight is 331 g/mol. The molecule has 1 N–H and O–H groups in total. The Hall–Kier alpha value is -1.66. The summed E-state index contributed by atoms with van der Waals surface area (Å²) in [6.45, 7) is 2.93. The number of carbonyl (C=O) groups excluding carboxylic acids is 1. The second-order valence-corrected chi connectivity index (χ2v) is 7.46. The van der Waals surface area contributed by atoms with Crippen LogP contribution < -0.4 is 5.32 Å². The van der Waals surface area contributed by atoms with Crippen molar-refractivity contribution in [3.63, 3.8) is 0 Å². The molecule has 0 spiro atoms. The molecule has 5 nitrogen and oxygen atoms in total. The number of aromatic nitrogens is 1. The zero-order valence-electron chi connectivity index (χ0n) is 13.0. The van der Waals surface area contributed by atoms with Crippen molar-refractivity contribution < 1.29 is 9.53 Å². The Morgan fingerprint density at radius 1 is 1.35 bits per heavy atom. The first kappa shape index (κ1) is 14.9. The molecule has 1 aliphatic carbocycles. The van der Waals surface area contributed by atoms with Gasteiger partial charge < -0.3 is 15.0 Å². The van der Waals surface area contributed by atoms with Gasteiger partial charge in [-0.25, -0.2) is 9.78 Å². The standard InChI is InChI=1S/C17H21N3O2S/c21-17(20(13-5-6-13)10-12-7-8-22-11-12)18-9-16-19-14-3-1-2-4-15(14)23-16/h1-4,12-13H,5-11H2,(H,18,21). The van der Waals surface area contributed by atoms with Crippen LogP contribution in [-0.4, -0.2) is 41.7 Å². The van der Waals surface area contributed by atoms with E-state index in [-0.39, 0.29) is 6.03 Å². The van der Waals surface area contributed by atoms with Crippen LogP contribution in [0.4, 0.5) is 4.79 Å². The van der Waals surface area contributed by atoms with Crippen molar-refractivity contribution in [1.82, 2.24) is 15.2 Å². The molecule has 2 fully saturated rings. The van der Waals surface area contributed by atoms with Gasteiger partial charge in [0.05, 0.1) is 23.4 Å². The summed E-state index contributed by atoms with van der Waals surface area (Å²) in [6, 6.07) is 8.54. The molecule has 23 heavy (non-hydrogen) atoms. The minimum Gasteiger partial charge on any atom is -0.381 e. The van der Waals surface area contributed by atoms with Gasteiger partial charge >= 0.3 is 6.03 Å². The van der Waals surface area contributed by atoms with Crippen LogP contribution in [0.1, 0.15) is 24.3 Å². The smallest absolute Gasteiger partial charge is 0.318 e. The van der Waals surface area contributed by atoms with E-state index < -0.39 is 0 Å². The van der Waals surface area contributed by atoms with Crippen LogP contribution in [0.15, 0.2) is 24.3 Å². The van der Waals surface area contributed by atoms with Crippen molar-refractivity contribution in [3.05, 3.63) is 29.3 Å². The fourth-order valence-corrected chi connectivity index (χ4v) is 3.94. The van der Waals surface area contributed by atoms with Crippen molar-refractivity contribution in [2.24, 2.45) is 5.92 Å². The third-order valence-corrected chi connectivity index (χ3v) is 5.49. The highest BCUT2D eigenvalue weighted by Crippen LogP contribution is 2.29. The molecule has 6 heteroatoms. The molecular formula is C17H21N3O2S. The Bertz CT molecular complexity index is 659. The van der Waals surface area contributed by atoms with Crippen molar-refractivity contribution in [3.8, 4) is 0 Å². The van der Waals surface area contributed by atoms with E-state index in [9.17, 15) is 4.79 Å². The Morgan fingerprint density at radius 3 is 2.96 bits per heavy atom. The van der Waals surface area contributed by atoms with E-state index in [1.165, 1.54) is 4.70 Å². The lowest BCUT2D eigenvalue weighted by atomic mass is 10.1. The number of benzene rings is 1. The molecule has 1 aliphatic heterocycles. The van der Waals surface area contributed by atoms with E-state index in [0.29, 0.717) is 18.5 Å². The van der Waals surface area contributed by atoms with Gasteiger partial charge in [-0.2, -0.15) is 0 Å². The summed E-state index contributed by atoms with van der Waals surface area (Å²) in [4.78, 5) is 19.1. The second kappa shape index (κ2) is 6.45. The summed E-state index contributed by atoms with van der Waals surface area (Å²) < 4.78 is 6.60. The maximum Gasteiger partial charge on any atom is 0.318 e. The van der Waals surface area contributed by atoms with E-state index in [4.69, 9.17) is 4.74 Å². The number of nitrogens with zero attached hydrogens (tertiary/aromatic N) is 2. The van der Waals surface area contributed by atoms with Crippen LogP contribution in [0, 0.1) is 5.92 Å². The van der Waals surface area contributed by atoms with E-state index in [2.05, 4.69) is 16.4 Å². The van der Waals surface area contributed by atoms with Gasteiger partial charge in [-0.15, -0.1) is 11.3 Å². The van der Waals surface area contributed by atoms with Crippen LogP contribution in [-0.2, 0) is 11.3 Å². The third kappa shape index (κ3) is 3.48. The number of fused-ring (bicyclic) bond motifs is 1. The molecule has 1 saturated heterocycles. The quantitative estimate of drug-likeness (QED) is 0.916. The largest absolute Gasteiger partial charge is 0.381 e. The predicted octanol–water partition coefficient (Wildman–Crippen LogP) is 3.01. The van der Waals surface area contributed by atoms with Crippen molar-refractivity contribution in [2.75, 3.05) is 19.8 Å². The summed E-state index contributed by atoms with van der Waals surface area (Å²) in [5, 5.41) is 4.01. The summed E-state index contributed by atoms with van der Waals surface area (Å²) in [7, 11) is 0. The SMILES string of the molecule is O=C(NCc1nc2ccccc2s1)N(CC1CCOC1)C1CC1.